The van der Waals surface area contributed by atoms with Crippen LogP contribution >= 0.6 is 0 Å². The Morgan fingerprint density at radius 1 is 0.711 bits per heavy atom. The van der Waals surface area contributed by atoms with Gasteiger partial charge < -0.3 is 24.3 Å². The van der Waals surface area contributed by atoms with E-state index in [0.717, 1.165) is 12.8 Å². The maximum atomic E-state index is 12.8. The highest BCUT2D eigenvalue weighted by Gasteiger charge is 2.18. The lowest BCUT2D eigenvalue weighted by molar-refractivity contribution is -0.140. The molecule has 2 aromatic rings. The lowest BCUT2D eigenvalue weighted by Crippen LogP contribution is -2.28. The Morgan fingerprint density at radius 2 is 1.34 bits per heavy atom. The minimum absolute atomic E-state index is 0.122. The molecule has 0 aliphatic carbocycles. The SMILES string of the molecule is C=C(C)C(=O)OCCOCCNC(=O)OCCCCCCOC(=O)c1ccccc1C(=O)c1ccccc1. The summed E-state index contributed by atoms with van der Waals surface area (Å²) in [5, 5.41) is 2.57. The van der Waals surface area contributed by atoms with Crippen LogP contribution in [0.4, 0.5) is 4.79 Å². The summed E-state index contributed by atoms with van der Waals surface area (Å²) in [6.45, 7) is 6.45. The van der Waals surface area contributed by atoms with Crippen LogP contribution in [-0.4, -0.2) is 63.4 Å². The summed E-state index contributed by atoms with van der Waals surface area (Å²) in [6.07, 6.45) is 2.42. The molecule has 0 heterocycles. The van der Waals surface area contributed by atoms with E-state index < -0.39 is 18.0 Å². The second-order valence-electron chi connectivity index (χ2n) is 8.38. The molecule has 0 fully saturated rings. The first kappa shape index (κ1) is 30.2. The molecule has 1 amide bonds. The fourth-order valence-electron chi connectivity index (χ4n) is 3.26. The van der Waals surface area contributed by atoms with Crippen LogP contribution in [0.5, 0.6) is 0 Å². The average Bonchev–Trinajstić information content (AvgIpc) is 2.93. The molecule has 0 aromatic heterocycles. The van der Waals surface area contributed by atoms with Gasteiger partial charge in [-0.25, -0.2) is 14.4 Å². The van der Waals surface area contributed by atoms with Crippen molar-refractivity contribution in [3.63, 3.8) is 0 Å². The van der Waals surface area contributed by atoms with Crippen LogP contribution in [0.25, 0.3) is 0 Å². The van der Waals surface area contributed by atoms with Crippen LogP contribution in [-0.2, 0) is 23.7 Å². The minimum Gasteiger partial charge on any atom is -0.462 e. The summed E-state index contributed by atoms with van der Waals surface area (Å²) in [6, 6.07) is 15.4. The van der Waals surface area contributed by atoms with Gasteiger partial charge in [0.15, 0.2) is 5.78 Å². The average molecular weight is 526 g/mol. The number of ketones is 1. The number of rotatable bonds is 17. The highest BCUT2D eigenvalue weighted by atomic mass is 16.6. The third kappa shape index (κ3) is 11.4. The molecule has 2 aromatic carbocycles. The lowest BCUT2D eigenvalue weighted by atomic mass is 9.98. The Kier molecular flexibility index (Phi) is 13.9. The smallest absolute Gasteiger partial charge is 0.407 e. The molecule has 0 unspecified atom stereocenters. The quantitative estimate of drug-likeness (QED) is 0.106. The first-order valence-electron chi connectivity index (χ1n) is 12.6. The van der Waals surface area contributed by atoms with Crippen molar-refractivity contribution in [2.45, 2.75) is 32.6 Å². The van der Waals surface area contributed by atoms with Gasteiger partial charge in [0.1, 0.15) is 6.61 Å². The van der Waals surface area contributed by atoms with Gasteiger partial charge in [0.2, 0.25) is 0 Å². The van der Waals surface area contributed by atoms with Gasteiger partial charge in [-0.05, 0) is 38.7 Å². The fraction of sp³-hybridized carbons (Fsp3) is 0.379. The number of carbonyl (C=O) groups excluding carboxylic acids is 4. The van der Waals surface area contributed by atoms with E-state index in [-0.39, 0.29) is 50.9 Å². The number of nitrogens with one attached hydrogen (secondary N) is 1. The van der Waals surface area contributed by atoms with Crippen molar-refractivity contribution in [1.29, 1.82) is 0 Å². The normalized spacial score (nSPS) is 10.3. The van der Waals surface area contributed by atoms with Gasteiger partial charge in [-0.2, -0.15) is 0 Å². The van der Waals surface area contributed by atoms with Gasteiger partial charge in [0.05, 0.1) is 32.0 Å². The summed E-state index contributed by atoms with van der Waals surface area (Å²) in [7, 11) is 0. The molecule has 0 radical (unpaired) electrons. The molecule has 38 heavy (non-hydrogen) atoms. The number of hydrogen-bond acceptors (Lipinski definition) is 8. The highest BCUT2D eigenvalue weighted by molar-refractivity contribution is 6.14. The van der Waals surface area contributed by atoms with Crippen LogP contribution in [0.1, 0.15) is 58.9 Å². The number of amides is 1. The van der Waals surface area contributed by atoms with Gasteiger partial charge in [-0.15, -0.1) is 0 Å². The number of benzene rings is 2. The van der Waals surface area contributed by atoms with Crippen LogP contribution in [0.2, 0.25) is 0 Å². The van der Waals surface area contributed by atoms with E-state index in [0.29, 0.717) is 29.5 Å². The number of carbonyl (C=O) groups is 4. The van der Waals surface area contributed by atoms with Crippen molar-refractivity contribution in [3.05, 3.63) is 83.4 Å². The maximum Gasteiger partial charge on any atom is 0.407 e. The van der Waals surface area contributed by atoms with Crippen LogP contribution in [0.3, 0.4) is 0 Å². The Bertz CT molecular complexity index is 1070. The molecule has 0 aliphatic rings. The van der Waals surface area contributed by atoms with Gasteiger partial charge in [0, 0.05) is 23.2 Å². The zero-order chi connectivity index (χ0) is 27.6. The molecule has 0 spiro atoms. The molecule has 0 bridgehead atoms. The second-order valence-corrected chi connectivity index (χ2v) is 8.38. The van der Waals surface area contributed by atoms with Gasteiger partial charge >= 0.3 is 18.0 Å². The summed E-state index contributed by atoms with van der Waals surface area (Å²) in [4.78, 5) is 48.2. The molecule has 0 aliphatic heterocycles. The fourth-order valence-corrected chi connectivity index (χ4v) is 3.26. The Labute approximate surface area is 223 Å². The monoisotopic (exact) mass is 525 g/mol. The van der Waals surface area contributed by atoms with E-state index in [1.54, 1.807) is 55.5 Å². The van der Waals surface area contributed by atoms with E-state index in [1.807, 2.05) is 6.07 Å². The van der Waals surface area contributed by atoms with E-state index >= 15 is 0 Å². The van der Waals surface area contributed by atoms with Crippen molar-refractivity contribution < 1.29 is 38.1 Å². The summed E-state index contributed by atoms with van der Waals surface area (Å²) in [5.74, 6) is -1.22. The first-order valence-corrected chi connectivity index (χ1v) is 12.6. The molecule has 9 nitrogen and oxygen atoms in total. The number of hydrogen-bond donors (Lipinski definition) is 1. The number of ether oxygens (including phenoxy) is 4. The number of alkyl carbamates (subject to hydrolysis) is 1. The number of unbranched alkanes of at least 4 members (excludes halogenated alkanes) is 3. The van der Waals surface area contributed by atoms with Gasteiger partial charge in [-0.1, -0.05) is 55.1 Å². The summed E-state index contributed by atoms with van der Waals surface area (Å²) in [5.41, 5.74) is 1.40. The summed E-state index contributed by atoms with van der Waals surface area (Å²) < 4.78 is 20.6. The standard InChI is InChI=1S/C29H35NO8/c1-22(2)27(32)37-21-20-35-19-16-30-29(34)38-18-11-4-3-10-17-36-28(33)25-15-9-8-14-24(25)26(31)23-12-6-5-7-13-23/h5-9,12-15H,1,3-4,10-11,16-21H2,2H3,(H,30,34). The van der Waals surface area contributed by atoms with Crippen LogP contribution in [0, 0.1) is 0 Å². The van der Waals surface area contributed by atoms with Gasteiger partial charge in [0.25, 0.3) is 0 Å². The Morgan fingerprint density at radius 3 is 2.03 bits per heavy atom. The number of esters is 2. The predicted molar refractivity (Wildman–Crippen MR) is 141 cm³/mol. The molecule has 9 heteroatoms. The Balaban J connectivity index is 1.51. The summed E-state index contributed by atoms with van der Waals surface area (Å²) >= 11 is 0. The zero-order valence-corrected chi connectivity index (χ0v) is 21.7. The maximum absolute atomic E-state index is 12.8. The first-order chi connectivity index (χ1) is 18.4. The van der Waals surface area contributed by atoms with Crippen molar-refractivity contribution in [3.8, 4) is 0 Å². The molecule has 0 saturated heterocycles. The molecular weight excluding hydrogens is 490 g/mol. The highest BCUT2D eigenvalue weighted by Crippen LogP contribution is 2.16. The lowest BCUT2D eigenvalue weighted by Gasteiger charge is -2.10. The van der Waals surface area contributed by atoms with E-state index in [4.69, 9.17) is 18.9 Å². The van der Waals surface area contributed by atoms with Crippen molar-refractivity contribution in [1.82, 2.24) is 5.32 Å². The molecule has 2 rings (SSSR count). The second kappa shape index (κ2) is 17.5. The minimum atomic E-state index is -0.528. The van der Waals surface area contributed by atoms with Crippen molar-refractivity contribution in [2.24, 2.45) is 0 Å². The predicted octanol–water partition coefficient (Wildman–Crippen LogP) is 4.50. The van der Waals surface area contributed by atoms with E-state index in [1.165, 1.54) is 0 Å². The van der Waals surface area contributed by atoms with Gasteiger partial charge in [-0.3, -0.25) is 4.79 Å². The molecule has 204 valence electrons. The third-order valence-corrected chi connectivity index (χ3v) is 5.26. The van der Waals surface area contributed by atoms with E-state index in [9.17, 15) is 19.2 Å². The topological polar surface area (TPSA) is 117 Å². The molecule has 0 atom stereocenters. The molecular formula is C29H35NO8. The largest absolute Gasteiger partial charge is 0.462 e. The van der Waals surface area contributed by atoms with Crippen molar-refractivity contribution >= 4 is 23.8 Å². The molecule has 0 saturated carbocycles. The zero-order valence-electron chi connectivity index (χ0n) is 21.7. The Hall–Kier alpha value is -3.98. The molecule has 1 N–H and O–H groups in total. The van der Waals surface area contributed by atoms with Crippen LogP contribution < -0.4 is 5.32 Å². The van der Waals surface area contributed by atoms with E-state index in [2.05, 4.69) is 11.9 Å². The third-order valence-electron chi connectivity index (χ3n) is 5.26. The van der Waals surface area contributed by atoms with Crippen LogP contribution in [0.15, 0.2) is 66.7 Å². The van der Waals surface area contributed by atoms with Crippen molar-refractivity contribution in [2.75, 3.05) is 39.6 Å².